The zero-order valence-electron chi connectivity index (χ0n) is 26.3. The molecular formula is C44H29N3O. The Labute approximate surface area is 276 Å². The Morgan fingerprint density at radius 2 is 1.29 bits per heavy atom. The van der Waals surface area contributed by atoms with Crippen LogP contribution in [-0.2, 0) is 5.54 Å². The maximum atomic E-state index is 10.4. The second-order valence-electron chi connectivity index (χ2n) is 13.0. The summed E-state index contributed by atoms with van der Waals surface area (Å²) in [6, 6.07) is 46.9. The van der Waals surface area contributed by atoms with Crippen molar-refractivity contribution in [2.75, 3.05) is 0 Å². The molecule has 0 fully saturated rings. The van der Waals surface area contributed by atoms with E-state index in [1.807, 2.05) is 24.3 Å². The van der Waals surface area contributed by atoms with E-state index in [4.69, 9.17) is 4.42 Å². The molecule has 48 heavy (non-hydrogen) atoms. The predicted molar refractivity (Wildman–Crippen MR) is 198 cm³/mol. The second-order valence-corrected chi connectivity index (χ2v) is 13.0. The second kappa shape index (κ2) is 9.84. The van der Waals surface area contributed by atoms with E-state index in [2.05, 4.69) is 143 Å². The highest BCUT2D eigenvalue weighted by Gasteiger charge is 2.31. The third-order valence-corrected chi connectivity index (χ3v) is 10.3. The number of nitriles is 1. The van der Waals surface area contributed by atoms with Gasteiger partial charge in [-0.05, 0) is 61.4 Å². The number of aromatic nitrogens is 2. The standard InChI is InChI=1S/C44H29N3O/c1-44(47-37-19-8-4-14-33(37)41-38(47)21-22-40-42(41)34-15-5-9-20-39(34)48-40)25-23-28(24-26-44)30-16-10-11-29(27-45)43(30)46-35-17-6-2-12-31(35)32-13-3-7-18-36(32)46/h2-25H,26H2,1H3. The van der Waals surface area contributed by atoms with Gasteiger partial charge in [0.2, 0.25) is 0 Å². The van der Waals surface area contributed by atoms with Gasteiger partial charge < -0.3 is 13.6 Å². The fourth-order valence-corrected chi connectivity index (χ4v) is 8.18. The van der Waals surface area contributed by atoms with Gasteiger partial charge in [0.25, 0.3) is 0 Å². The summed E-state index contributed by atoms with van der Waals surface area (Å²) in [6.07, 6.45) is 7.74. The van der Waals surface area contributed by atoms with Crippen LogP contribution in [0, 0.1) is 11.3 Å². The highest BCUT2D eigenvalue weighted by Crippen LogP contribution is 2.45. The summed E-state index contributed by atoms with van der Waals surface area (Å²) >= 11 is 0. The lowest BCUT2D eigenvalue weighted by molar-refractivity contribution is 0.438. The minimum absolute atomic E-state index is 0.322. The molecule has 0 amide bonds. The number of hydrogen-bond donors (Lipinski definition) is 0. The Balaban J connectivity index is 1.16. The molecule has 4 nitrogen and oxygen atoms in total. The molecule has 0 saturated heterocycles. The number of fused-ring (bicyclic) bond motifs is 10. The molecule has 0 N–H and O–H groups in total. The van der Waals surface area contributed by atoms with Gasteiger partial charge in [-0.2, -0.15) is 5.26 Å². The summed E-state index contributed by atoms with van der Waals surface area (Å²) in [4.78, 5) is 0. The van der Waals surface area contributed by atoms with Gasteiger partial charge in [-0.15, -0.1) is 0 Å². The number of nitrogens with zero attached hydrogens (tertiary/aromatic N) is 3. The van der Waals surface area contributed by atoms with E-state index in [-0.39, 0.29) is 5.54 Å². The lowest BCUT2D eigenvalue weighted by Gasteiger charge is -2.32. The Bertz CT molecular complexity index is 2850. The van der Waals surface area contributed by atoms with Gasteiger partial charge in [0.1, 0.15) is 17.2 Å². The van der Waals surface area contributed by atoms with Crippen molar-refractivity contribution in [3.8, 4) is 11.8 Å². The number of furan rings is 1. The molecule has 3 heterocycles. The third-order valence-electron chi connectivity index (χ3n) is 10.3. The van der Waals surface area contributed by atoms with E-state index < -0.39 is 0 Å². The first-order valence-electron chi connectivity index (χ1n) is 16.4. The monoisotopic (exact) mass is 615 g/mol. The molecule has 0 spiro atoms. The molecule has 1 aliphatic carbocycles. The van der Waals surface area contributed by atoms with Gasteiger partial charge in [-0.1, -0.05) is 103 Å². The Morgan fingerprint density at radius 1 is 0.625 bits per heavy atom. The van der Waals surface area contributed by atoms with Crippen LogP contribution in [0.15, 0.2) is 150 Å². The zero-order valence-corrected chi connectivity index (χ0v) is 26.3. The zero-order chi connectivity index (χ0) is 32.0. The van der Waals surface area contributed by atoms with E-state index >= 15 is 0 Å². The lowest BCUT2D eigenvalue weighted by Crippen LogP contribution is -2.28. The highest BCUT2D eigenvalue weighted by molar-refractivity contribution is 6.27. The van der Waals surface area contributed by atoms with Gasteiger partial charge in [0.05, 0.1) is 33.3 Å². The molecule has 0 saturated carbocycles. The predicted octanol–water partition coefficient (Wildman–Crippen LogP) is 11.4. The van der Waals surface area contributed by atoms with Crippen molar-refractivity contribution in [3.63, 3.8) is 0 Å². The van der Waals surface area contributed by atoms with E-state index in [0.29, 0.717) is 5.56 Å². The van der Waals surface area contributed by atoms with Crippen molar-refractivity contribution in [2.45, 2.75) is 18.9 Å². The molecular weight excluding hydrogens is 587 g/mol. The van der Waals surface area contributed by atoms with Crippen LogP contribution in [0.2, 0.25) is 0 Å². The highest BCUT2D eigenvalue weighted by atomic mass is 16.3. The fourth-order valence-electron chi connectivity index (χ4n) is 8.18. The van der Waals surface area contributed by atoms with Crippen LogP contribution in [0.4, 0.5) is 0 Å². The van der Waals surface area contributed by atoms with E-state index in [1.54, 1.807) is 0 Å². The first kappa shape index (κ1) is 26.9. The van der Waals surface area contributed by atoms with Crippen LogP contribution >= 0.6 is 0 Å². The molecule has 0 bridgehead atoms. The normalized spacial score (nSPS) is 16.5. The minimum Gasteiger partial charge on any atom is -0.456 e. The van der Waals surface area contributed by atoms with Crippen molar-refractivity contribution >= 4 is 71.1 Å². The molecule has 1 atom stereocenters. The van der Waals surface area contributed by atoms with E-state index in [1.165, 1.54) is 38.0 Å². The molecule has 226 valence electrons. The van der Waals surface area contributed by atoms with Gasteiger partial charge >= 0.3 is 0 Å². The Morgan fingerprint density at radius 3 is 2.00 bits per heavy atom. The van der Waals surface area contributed by atoms with Crippen LogP contribution in [0.5, 0.6) is 0 Å². The summed E-state index contributed by atoms with van der Waals surface area (Å²) in [5.74, 6) is 0. The maximum absolute atomic E-state index is 10.4. The molecule has 6 aromatic carbocycles. The van der Waals surface area contributed by atoms with Gasteiger partial charge in [-0.25, -0.2) is 0 Å². The summed E-state index contributed by atoms with van der Waals surface area (Å²) in [7, 11) is 0. The van der Waals surface area contributed by atoms with Crippen molar-refractivity contribution in [1.82, 2.24) is 9.13 Å². The first-order chi connectivity index (χ1) is 23.6. The fraction of sp³-hybridized carbons (Fsp3) is 0.0682. The average molecular weight is 616 g/mol. The van der Waals surface area contributed by atoms with Gasteiger partial charge in [-0.3, -0.25) is 0 Å². The molecule has 3 aromatic heterocycles. The van der Waals surface area contributed by atoms with E-state index in [9.17, 15) is 5.26 Å². The summed E-state index contributed by atoms with van der Waals surface area (Å²) in [6.45, 7) is 2.32. The van der Waals surface area contributed by atoms with Crippen molar-refractivity contribution in [2.24, 2.45) is 0 Å². The summed E-state index contributed by atoms with van der Waals surface area (Å²) in [5.41, 5.74) is 9.81. The maximum Gasteiger partial charge on any atom is 0.136 e. The topological polar surface area (TPSA) is 46.8 Å². The van der Waals surface area contributed by atoms with Crippen molar-refractivity contribution in [3.05, 3.63) is 157 Å². The van der Waals surface area contributed by atoms with Crippen LogP contribution in [-0.4, -0.2) is 9.13 Å². The largest absolute Gasteiger partial charge is 0.456 e. The Kier molecular flexibility index (Phi) is 5.51. The van der Waals surface area contributed by atoms with Crippen LogP contribution < -0.4 is 0 Å². The average Bonchev–Trinajstić information content (AvgIpc) is 3.79. The molecule has 0 aliphatic heterocycles. The van der Waals surface area contributed by atoms with Gasteiger partial charge in [0, 0.05) is 43.4 Å². The lowest BCUT2D eigenvalue weighted by atomic mass is 9.86. The third kappa shape index (κ3) is 3.59. The van der Waals surface area contributed by atoms with Crippen molar-refractivity contribution < 1.29 is 4.42 Å². The quantitative estimate of drug-likeness (QED) is 0.198. The Hall–Kier alpha value is -6.31. The number of para-hydroxylation sites is 5. The van der Waals surface area contributed by atoms with Crippen LogP contribution in [0.3, 0.4) is 0 Å². The number of benzene rings is 6. The molecule has 10 rings (SSSR count). The molecule has 4 heteroatoms. The number of rotatable bonds is 3. The molecule has 0 radical (unpaired) electrons. The van der Waals surface area contributed by atoms with Crippen LogP contribution in [0.25, 0.3) is 76.8 Å². The van der Waals surface area contributed by atoms with Crippen molar-refractivity contribution in [1.29, 1.82) is 5.26 Å². The number of hydrogen-bond acceptors (Lipinski definition) is 2. The van der Waals surface area contributed by atoms with Gasteiger partial charge in [0.15, 0.2) is 0 Å². The smallest absolute Gasteiger partial charge is 0.136 e. The summed E-state index contributed by atoms with van der Waals surface area (Å²) < 4.78 is 11.1. The minimum atomic E-state index is -0.322. The SMILES string of the molecule is CC1(n2c3ccccc3c3c4c(ccc32)oc2ccccc24)C=CC(c2cccc(C#N)c2-n2c3ccccc3c3ccccc32)=CC1. The van der Waals surface area contributed by atoms with E-state index in [0.717, 1.165) is 50.8 Å². The molecule has 1 unspecified atom stereocenters. The summed E-state index contributed by atoms with van der Waals surface area (Å²) in [5, 5.41) is 17.5. The number of allylic oxidation sites excluding steroid dienone is 4. The molecule has 1 aliphatic rings. The first-order valence-corrected chi connectivity index (χ1v) is 16.4. The molecule has 9 aromatic rings. The van der Waals surface area contributed by atoms with Crippen LogP contribution in [0.1, 0.15) is 24.5 Å².